The largest absolute Gasteiger partial charge is 0.370 e. The van der Waals surface area contributed by atoms with Crippen LogP contribution in [0.4, 0.5) is 5.69 Å². The molecule has 2 aliphatic rings. The predicted molar refractivity (Wildman–Crippen MR) is 111 cm³/mol. The van der Waals surface area contributed by atoms with Gasteiger partial charge in [0.05, 0.1) is 11.3 Å². The first-order valence-electron chi connectivity index (χ1n) is 10.5. The molecule has 3 heterocycles. The molecule has 150 valence electrons. The van der Waals surface area contributed by atoms with E-state index >= 15 is 0 Å². The molecular formula is C23H31N3O2. The number of carbonyl (C=O) groups excluding carboxylic acids is 1. The molecule has 28 heavy (non-hydrogen) atoms. The molecule has 1 aromatic heterocycles. The van der Waals surface area contributed by atoms with Crippen LogP contribution in [0.2, 0.25) is 0 Å². The van der Waals surface area contributed by atoms with Gasteiger partial charge in [0.1, 0.15) is 5.76 Å². The first-order valence-corrected chi connectivity index (χ1v) is 10.5. The Kier molecular flexibility index (Phi) is 5.28. The normalized spacial score (nSPS) is 22.9. The minimum absolute atomic E-state index is 0.0800. The molecule has 2 saturated heterocycles. The van der Waals surface area contributed by atoms with E-state index in [2.05, 4.69) is 47.0 Å². The van der Waals surface area contributed by atoms with E-state index in [1.165, 1.54) is 37.1 Å². The van der Waals surface area contributed by atoms with Gasteiger partial charge >= 0.3 is 0 Å². The maximum atomic E-state index is 12.7. The number of likely N-dealkylation sites (tertiary alicyclic amines) is 1. The number of nitrogens with zero attached hydrogens (tertiary/aromatic N) is 3. The molecule has 1 aromatic carbocycles. The average molecular weight is 382 g/mol. The van der Waals surface area contributed by atoms with Crippen LogP contribution in [0.15, 0.2) is 22.7 Å². The Morgan fingerprint density at radius 2 is 2.04 bits per heavy atom. The summed E-state index contributed by atoms with van der Waals surface area (Å²) in [5, 5.41) is 3.91. The Balaban J connectivity index is 1.44. The molecule has 0 radical (unpaired) electrons. The van der Waals surface area contributed by atoms with Crippen molar-refractivity contribution in [1.82, 2.24) is 10.1 Å². The van der Waals surface area contributed by atoms with Crippen molar-refractivity contribution in [1.29, 1.82) is 0 Å². The van der Waals surface area contributed by atoms with Gasteiger partial charge in [-0.1, -0.05) is 11.2 Å². The molecule has 2 fully saturated rings. The topological polar surface area (TPSA) is 49.6 Å². The number of ketones is 1. The van der Waals surface area contributed by atoms with Crippen LogP contribution in [0, 0.1) is 20.8 Å². The van der Waals surface area contributed by atoms with Crippen LogP contribution in [0.25, 0.3) is 0 Å². The van der Waals surface area contributed by atoms with E-state index in [0.717, 1.165) is 24.7 Å². The summed E-state index contributed by atoms with van der Waals surface area (Å²) in [4.78, 5) is 17.9. The van der Waals surface area contributed by atoms with E-state index in [1.54, 1.807) is 6.92 Å². The first-order chi connectivity index (χ1) is 13.4. The third-order valence-electron chi connectivity index (χ3n) is 6.59. The van der Waals surface area contributed by atoms with Crippen molar-refractivity contribution in [3.05, 3.63) is 46.3 Å². The van der Waals surface area contributed by atoms with Crippen LogP contribution in [-0.2, 0) is 6.42 Å². The molecular weight excluding hydrogens is 350 g/mol. The van der Waals surface area contributed by atoms with E-state index in [1.807, 2.05) is 6.92 Å². The van der Waals surface area contributed by atoms with Gasteiger partial charge < -0.3 is 9.42 Å². The molecule has 0 amide bonds. The second kappa shape index (κ2) is 7.70. The quantitative estimate of drug-likeness (QED) is 0.730. The number of anilines is 1. The molecule has 0 N–H and O–H groups in total. The van der Waals surface area contributed by atoms with Crippen molar-refractivity contribution in [2.75, 3.05) is 24.5 Å². The third kappa shape index (κ3) is 3.60. The molecule has 0 saturated carbocycles. The average Bonchev–Trinajstić information content (AvgIpc) is 3.37. The summed E-state index contributed by atoms with van der Waals surface area (Å²) in [6.07, 6.45) is 4.31. The van der Waals surface area contributed by atoms with E-state index in [-0.39, 0.29) is 5.78 Å². The smallest absolute Gasteiger partial charge is 0.172 e. The molecule has 2 unspecified atom stereocenters. The summed E-state index contributed by atoms with van der Waals surface area (Å²) >= 11 is 0. The molecule has 4 rings (SSSR count). The fraction of sp³-hybridized carbons (Fsp3) is 0.565. The van der Waals surface area contributed by atoms with Gasteiger partial charge in [0, 0.05) is 37.3 Å². The molecule has 0 bridgehead atoms. The second-order valence-corrected chi connectivity index (χ2v) is 8.53. The zero-order valence-corrected chi connectivity index (χ0v) is 17.5. The number of hydrogen-bond donors (Lipinski definition) is 0. The lowest BCUT2D eigenvalue weighted by molar-refractivity contribution is 0.0991. The molecule has 0 aliphatic carbocycles. The van der Waals surface area contributed by atoms with Crippen LogP contribution in [0.1, 0.15) is 59.1 Å². The molecule has 2 aromatic rings. The highest BCUT2D eigenvalue weighted by molar-refractivity contribution is 5.99. The van der Waals surface area contributed by atoms with Crippen molar-refractivity contribution in [2.24, 2.45) is 0 Å². The van der Waals surface area contributed by atoms with Crippen LogP contribution in [-0.4, -0.2) is 47.6 Å². The van der Waals surface area contributed by atoms with Crippen molar-refractivity contribution in [2.45, 2.75) is 65.5 Å². The SMILES string of the molecule is Cc1cc(N2CCC(N3CCCC3C)C2)ccc1CC(=O)c1c(C)noc1C. The van der Waals surface area contributed by atoms with Crippen LogP contribution in [0.5, 0.6) is 0 Å². The molecule has 2 atom stereocenters. The zero-order valence-electron chi connectivity index (χ0n) is 17.5. The predicted octanol–water partition coefficient (Wildman–Crippen LogP) is 4.09. The summed E-state index contributed by atoms with van der Waals surface area (Å²) in [5.41, 5.74) is 4.84. The van der Waals surface area contributed by atoms with E-state index < -0.39 is 0 Å². The second-order valence-electron chi connectivity index (χ2n) is 8.53. The van der Waals surface area contributed by atoms with Crippen molar-refractivity contribution < 1.29 is 9.32 Å². The Morgan fingerprint density at radius 3 is 2.68 bits per heavy atom. The van der Waals surface area contributed by atoms with Crippen molar-refractivity contribution in [3.63, 3.8) is 0 Å². The lowest BCUT2D eigenvalue weighted by Crippen LogP contribution is -2.39. The monoisotopic (exact) mass is 381 g/mol. The van der Waals surface area contributed by atoms with Crippen LogP contribution >= 0.6 is 0 Å². The van der Waals surface area contributed by atoms with Crippen molar-refractivity contribution >= 4 is 11.5 Å². The third-order valence-corrected chi connectivity index (χ3v) is 6.59. The molecule has 5 nitrogen and oxygen atoms in total. The fourth-order valence-corrected chi connectivity index (χ4v) is 4.96. The van der Waals surface area contributed by atoms with Gasteiger partial charge in [-0.25, -0.2) is 0 Å². The number of aryl methyl sites for hydroxylation is 3. The number of benzene rings is 1. The highest BCUT2D eigenvalue weighted by Crippen LogP contribution is 2.29. The summed E-state index contributed by atoms with van der Waals surface area (Å²) < 4.78 is 5.15. The number of rotatable bonds is 5. The summed E-state index contributed by atoms with van der Waals surface area (Å²) in [7, 11) is 0. The lowest BCUT2D eigenvalue weighted by Gasteiger charge is -2.28. The van der Waals surface area contributed by atoms with Gasteiger partial charge in [0.25, 0.3) is 0 Å². The van der Waals surface area contributed by atoms with Gasteiger partial charge in [0.15, 0.2) is 5.78 Å². The Hall–Kier alpha value is -2.14. The Bertz CT molecular complexity index is 853. The van der Waals surface area contributed by atoms with Crippen LogP contribution in [0.3, 0.4) is 0 Å². The zero-order chi connectivity index (χ0) is 19.8. The molecule has 5 heteroatoms. The van der Waals surface area contributed by atoms with E-state index in [0.29, 0.717) is 29.5 Å². The maximum absolute atomic E-state index is 12.7. The molecule has 0 spiro atoms. The van der Waals surface area contributed by atoms with Gasteiger partial charge in [-0.05, 0) is 76.8 Å². The summed E-state index contributed by atoms with van der Waals surface area (Å²) in [6.45, 7) is 11.6. The minimum atomic E-state index is 0.0800. The van der Waals surface area contributed by atoms with E-state index in [4.69, 9.17) is 4.52 Å². The number of carbonyl (C=O) groups is 1. The highest BCUT2D eigenvalue weighted by Gasteiger charge is 2.33. The van der Waals surface area contributed by atoms with E-state index in [9.17, 15) is 4.79 Å². The Morgan fingerprint density at radius 1 is 1.21 bits per heavy atom. The van der Waals surface area contributed by atoms with Gasteiger partial charge in [-0.2, -0.15) is 0 Å². The highest BCUT2D eigenvalue weighted by atomic mass is 16.5. The summed E-state index contributed by atoms with van der Waals surface area (Å²) in [6, 6.07) is 7.94. The lowest BCUT2D eigenvalue weighted by atomic mass is 9.98. The van der Waals surface area contributed by atoms with Gasteiger partial charge in [-0.3, -0.25) is 9.69 Å². The van der Waals surface area contributed by atoms with Gasteiger partial charge in [0.2, 0.25) is 0 Å². The fourth-order valence-electron chi connectivity index (χ4n) is 4.96. The number of aromatic nitrogens is 1. The summed E-state index contributed by atoms with van der Waals surface area (Å²) in [5.74, 6) is 0.687. The maximum Gasteiger partial charge on any atom is 0.172 e. The number of hydrogen-bond acceptors (Lipinski definition) is 5. The van der Waals surface area contributed by atoms with Gasteiger partial charge in [-0.15, -0.1) is 0 Å². The van der Waals surface area contributed by atoms with Crippen LogP contribution < -0.4 is 4.90 Å². The number of Topliss-reactive ketones (excluding diaryl/α,β-unsaturated/α-hetero) is 1. The minimum Gasteiger partial charge on any atom is -0.370 e. The molecule has 2 aliphatic heterocycles. The Labute approximate surface area is 167 Å². The van der Waals surface area contributed by atoms with Crippen molar-refractivity contribution in [3.8, 4) is 0 Å². The first kappa shape index (κ1) is 19.2. The standard InChI is InChI=1S/C23H31N3O2/c1-15-12-20(25-11-9-21(14-25)26-10-5-6-16(26)2)8-7-19(15)13-22(27)23-17(3)24-28-18(23)4/h7-8,12,16,21H,5-6,9-11,13-14H2,1-4H3.